The average molecular weight is 429 g/mol. The fourth-order valence-corrected chi connectivity index (χ4v) is 5.01. The van der Waals surface area contributed by atoms with Crippen LogP contribution in [0.3, 0.4) is 0 Å². The Morgan fingerprint density at radius 1 is 1.03 bits per heavy atom. The van der Waals surface area contributed by atoms with Crippen LogP contribution >= 0.6 is 0 Å². The molecule has 1 unspecified atom stereocenters. The van der Waals surface area contributed by atoms with E-state index in [4.69, 9.17) is 9.72 Å². The first kappa shape index (κ1) is 20.3. The van der Waals surface area contributed by atoms with Crippen molar-refractivity contribution in [3.05, 3.63) is 82.5 Å². The van der Waals surface area contributed by atoms with Crippen molar-refractivity contribution in [1.82, 2.24) is 9.88 Å². The summed E-state index contributed by atoms with van der Waals surface area (Å²) in [6, 6.07) is 15.0. The number of hydrogen-bond acceptors (Lipinski definition) is 4. The molecule has 0 aliphatic carbocycles. The van der Waals surface area contributed by atoms with E-state index in [2.05, 4.69) is 18.0 Å². The monoisotopic (exact) mass is 429 g/mol. The molecular weight excluding hydrogens is 408 g/mol. The van der Waals surface area contributed by atoms with Crippen molar-refractivity contribution >= 4 is 11.6 Å². The van der Waals surface area contributed by atoms with E-state index in [9.17, 15) is 14.0 Å². The maximum absolute atomic E-state index is 13.7. The number of aromatic nitrogens is 1. The molecule has 2 bridgehead atoms. The first-order valence-corrected chi connectivity index (χ1v) is 10.5. The van der Waals surface area contributed by atoms with Gasteiger partial charge in [0.15, 0.2) is 0 Å². The largest absolute Gasteiger partial charge is 0.480 e. The molecule has 32 heavy (non-hydrogen) atoms. The van der Waals surface area contributed by atoms with Crippen LogP contribution in [0.1, 0.15) is 41.3 Å². The molecule has 6 heteroatoms. The highest BCUT2D eigenvalue weighted by Gasteiger charge is 2.44. The summed E-state index contributed by atoms with van der Waals surface area (Å²) in [4.78, 5) is 7.09. The van der Waals surface area contributed by atoms with Gasteiger partial charge in [0.05, 0.1) is 12.8 Å². The maximum Gasteiger partial charge on any atom is 0.232 e. The molecule has 2 aliphatic rings. The molecule has 160 valence electrons. The van der Waals surface area contributed by atoms with E-state index in [1.54, 1.807) is 24.3 Å². The van der Waals surface area contributed by atoms with E-state index in [1.807, 2.05) is 6.08 Å². The van der Waals surface area contributed by atoms with Crippen LogP contribution in [0.5, 0.6) is 5.88 Å². The number of hydrogen-bond donors (Lipinski definition) is 0. The van der Waals surface area contributed by atoms with Gasteiger partial charge in [0.25, 0.3) is 0 Å². The van der Waals surface area contributed by atoms with Gasteiger partial charge in [-0.25, -0.2) is 13.8 Å². The van der Waals surface area contributed by atoms with Gasteiger partial charge in [-0.2, -0.15) is 5.26 Å². The van der Waals surface area contributed by atoms with Gasteiger partial charge in [0.2, 0.25) is 5.88 Å². The number of methoxy groups -OCH3 is 1. The van der Waals surface area contributed by atoms with Gasteiger partial charge in [0.1, 0.15) is 23.3 Å². The number of pyridine rings is 1. The summed E-state index contributed by atoms with van der Waals surface area (Å²) in [6.07, 6.45) is 3.90. The standard InChI is InChI=1S/C26H21F2N3O/c1-31-21-11-12-22(31)24-23(16-5-9-18(28)10-6-16)20(14-29)26(32-2)30-25(24)19(21)13-15-3-7-17(27)8-4-15/h3-10,13,21-22H,11-12H2,1-2H3/b19-13+/t21?,22-/m1/s1. The van der Waals surface area contributed by atoms with E-state index in [0.717, 1.165) is 46.4 Å². The zero-order chi connectivity index (χ0) is 22.4. The molecule has 2 aliphatic heterocycles. The third kappa shape index (κ3) is 3.17. The van der Waals surface area contributed by atoms with Crippen molar-refractivity contribution < 1.29 is 13.5 Å². The molecule has 0 radical (unpaired) electrons. The molecule has 2 atom stereocenters. The third-order valence-corrected chi connectivity index (χ3v) is 6.49. The Morgan fingerprint density at radius 2 is 1.66 bits per heavy atom. The summed E-state index contributed by atoms with van der Waals surface area (Å²) in [5.41, 5.74) is 5.45. The summed E-state index contributed by atoms with van der Waals surface area (Å²) in [5, 5.41) is 10.0. The van der Waals surface area contributed by atoms with E-state index in [1.165, 1.54) is 31.4 Å². The van der Waals surface area contributed by atoms with Gasteiger partial charge < -0.3 is 4.74 Å². The number of likely N-dealkylation sites (N-methyl/N-ethyl adjacent to an activating group) is 1. The number of nitrogens with zero attached hydrogens (tertiary/aromatic N) is 3. The molecule has 1 saturated heterocycles. The van der Waals surface area contributed by atoms with Crippen molar-refractivity contribution in [3.8, 4) is 23.1 Å². The number of ether oxygens (including phenoxy) is 1. The molecular formula is C26H21F2N3O. The predicted molar refractivity (Wildman–Crippen MR) is 119 cm³/mol. The molecule has 4 nitrogen and oxygen atoms in total. The lowest BCUT2D eigenvalue weighted by molar-refractivity contribution is 0.270. The minimum Gasteiger partial charge on any atom is -0.480 e. The van der Waals surface area contributed by atoms with Crippen LogP contribution in [0.4, 0.5) is 8.78 Å². The molecule has 3 heterocycles. The molecule has 3 aromatic rings. The predicted octanol–water partition coefficient (Wildman–Crippen LogP) is 5.60. The SMILES string of the molecule is COc1nc2c(c(-c3ccc(F)cc3)c1C#N)[C@H]1CCC(/C2=C\c2ccc(F)cc2)N1C. The van der Waals surface area contributed by atoms with Crippen molar-refractivity contribution in [2.24, 2.45) is 0 Å². The smallest absolute Gasteiger partial charge is 0.232 e. The molecule has 0 spiro atoms. The number of fused-ring (bicyclic) bond motifs is 4. The second kappa shape index (κ2) is 7.85. The van der Waals surface area contributed by atoms with Crippen molar-refractivity contribution in [3.63, 3.8) is 0 Å². The number of benzene rings is 2. The third-order valence-electron chi connectivity index (χ3n) is 6.49. The quantitative estimate of drug-likeness (QED) is 0.544. The topological polar surface area (TPSA) is 49.1 Å². The van der Waals surface area contributed by atoms with Gasteiger partial charge in [0, 0.05) is 23.2 Å². The van der Waals surface area contributed by atoms with Crippen molar-refractivity contribution in [1.29, 1.82) is 5.26 Å². The molecule has 5 rings (SSSR count). The summed E-state index contributed by atoms with van der Waals surface area (Å²) < 4.78 is 32.6. The minimum absolute atomic E-state index is 0.0888. The van der Waals surface area contributed by atoms with Gasteiger partial charge in [-0.15, -0.1) is 0 Å². The van der Waals surface area contributed by atoms with Crippen molar-refractivity contribution in [2.45, 2.75) is 24.9 Å². The first-order valence-electron chi connectivity index (χ1n) is 10.5. The first-order chi connectivity index (χ1) is 15.5. The second-order valence-electron chi connectivity index (χ2n) is 8.18. The van der Waals surface area contributed by atoms with Crippen LogP contribution in [-0.2, 0) is 0 Å². The molecule has 2 aromatic carbocycles. The minimum atomic E-state index is -0.336. The highest BCUT2D eigenvalue weighted by molar-refractivity contribution is 5.91. The van der Waals surface area contributed by atoms with Crippen LogP contribution in [0.15, 0.2) is 48.5 Å². The van der Waals surface area contributed by atoms with Crippen LogP contribution in [0.25, 0.3) is 22.8 Å². The summed E-state index contributed by atoms with van der Waals surface area (Å²) in [6.45, 7) is 0. The molecule has 0 N–H and O–H groups in total. The van der Waals surface area contributed by atoms with Gasteiger partial charge in [-0.1, -0.05) is 24.3 Å². The molecule has 0 amide bonds. The normalized spacial score (nSPS) is 20.8. The highest BCUT2D eigenvalue weighted by atomic mass is 19.1. The van der Waals surface area contributed by atoms with Crippen molar-refractivity contribution in [2.75, 3.05) is 14.2 Å². The second-order valence-corrected chi connectivity index (χ2v) is 8.18. The molecule has 0 saturated carbocycles. The zero-order valence-electron chi connectivity index (χ0n) is 17.8. The van der Waals surface area contributed by atoms with E-state index < -0.39 is 0 Å². The van der Waals surface area contributed by atoms with Crippen LogP contribution < -0.4 is 4.74 Å². The fourth-order valence-electron chi connectivity index (χ4n) is 5.01. The van der Waals surface area contributed by atoms with Gasteiger partial charge in [-0.3, -0.25) is 4.90 Å². The van der Waals surface area contributed by atoms with Gasteiger partial charge >= 0.3 is 0 Å². The van der Waals surface area contributed by atoms with Crippen LogP contribution in [-0.4, -0.2) is 30.1 Å². The average Bonchev–Trinajstić information content (AvgIpc) is 3.10. The Hall–Kier alpha value is -3.56. The Labute approximate surface area is 185 Å². The summed E-state index contributed by atoms with van der Waals surface area (Å²) in [7, 11) is 3.57. The Bertz CT molecular complexity index is 1260. The fraction of sp³-hybridized carbons (Fsp3) is 0.231. The summed E-state index contributed by atoms with van der Waals surface area (Å²) >= 11 is 0. The van der Waals surface area contributed by atoms with E-state index in [0.29, 0.717) is 5.56 Å². The zero-order valence-corrected chi connectivity index (χ0v) is 17.8. The Morgan fingerprint density at radius 3 is 2.28 bits per heavy atom. The highest BCUT2D eigenvalue weighted by Crippen LogP contribution is 2.52. The number of nitriles is 1. The number of halogens is 2. The van der Waals surface area contributed by atoms with Gasteiger partial charge in [-0.05, 0) is 66.9 Å². The molecule has 1 aromatic heterocycles. The Balaban J connectivity index is 1.82. The van der Waals surface area contributed by atoms with Crippen LogP contribution in [0, 0.1) is 23.0 Å². The van der Waals surface area contributed by atoms with Crippen LogP contribution in [0.2, 0.25) is 0 Å². The van der Waals surface area contributed by atoms with E-state index in [-0.39, 0.29) is 29.6 Å². The van der Waals surface area contributed by atoms with E-state index >= 15 is 0 Å². The maximum atomic E-state index is 13.7. The Kier molecular flexibility index (Phi) is 4.99. The molecule has 1 fully saturated rings. The summed E-state index contributed by atoms with van der Waals surface area (Å²) in [5.74, 6) is -0.372. The lowest BCUT2D eigenvalue weighted by Crippen LogP contribution is -2.34. The lowest BCUT2D eigenvalue weighted by atomic mass is 9.85. The number of rotatable bonds is 3. The lowest BCUT2D eigenvalue weighted by Gasteiger charge is -2.36.